The number of allylic oxidation sites excluding steroid dienone is 2. The van der Waals surface area contributed by atoms with Crippen molar-refractivity contribution in [1.29, 1.82) is 0 Å². The molecule has 0 bridgehead atoms. The fraction of sp³-hybridized carbons (Fsp3) is 0.263. The Balaban J connectivity index is 2.15. The van der Waals surface area contributed by atoms with E-state index in [-0.39, 0.29) is 33.6 Å². The maximum atomic E-state index is 13.4. The third-order valence-corrected chi connectivity index (χ3v) is 5.17. The van der Waals surface area contributed by atoms with Crippen molar-refractivity contribution in [2.24, 2.45) is 0 Å². The molecule has 0 amide bonds. The van der Waals surface area contributed by atoms with Crippen LogP contribution in [0.4, 0.5) is 8.78 Å². The Morgan fingerprint density at radius 2 is 2.07 bits per heavy atom. The van der Waals surface area contributed by atoms with Crippen LogP contribution < -0.4 is 0 Å². The van der Waals surface area contributed by atoms with E-state index in [1.54, 1.807) is 25.3 Å². The smallest absolute Gasteiger partial charge is 0.350 e. The minimum atomic E-state index is -2.93. The number of alkyl halides is 2. The Bertz CT molecular complexity index is 1130. The summed E-state index contributed by atoms with van der Waals surface area (Å²) in [7, 11) is 0. The molecule has 0 atom stereocenters. The predicted molar refractivity (Wildman–Crippen MR) is 103 cm³/mol. The normalized spacial score (nSPS) is 12.3. The van der Waals surface area contributed by atoms with Crippen molar-refractivity contribution in [3.05, 3.63) is 46.4 Å². The molecule has 0 fully saturated rings. The quantitative estimate of drug-likeness (QED) is 0.359. The van der Waals surface area contributed by atoms with E-state index in [1.807, 2.05) is 0 Å². The van der Waals surface area contributed by atoms with E-state index in [0.717, 1.165) is 11.3 Å². The first-order chi connectivity index (χ1) is 13.7. The van der Waals surface area contributed by atoms with E-state index < -0.39 is 18.1 Å². The molecule has 3 heterocycles. The summed E-state index contributed by atoms with van der Waals surface area (Å²) >= 11 is 0.803. The molecular formula is C19H17F2N3O4S. The number of thiazole rings is 1. The van der Waals surface area contributed by atoms with E-state index in [2.05, 4.69) is 10.1 Å². The van der Waals surface area contributed by atoms with Crippen molar-refractivity contribution >= 4 is 34.2 Å². The number of pyridine rings is 1. The second-order valence-electron chi connectivity index (χ2n) is 6.07. The van der Waals surface area contributed by atoms with Crippen LogP contribution in [-0.2, 0) is 9.53 Å². The van der Waals surface area contributed by atoms with Crippen molar-refractivity contribution < 1.29 is 28.2 Å². The van der Waals surface area contributed by atoms with Crippen LogP contribution in [0.15, 0.2) is 30.3 Å². The molecule has 1 N–H and O–H groups in total. The Morgan fingerprint density at radius 1 is 1.34 bits per heavy atom. The Kier molecular flexibility index (Phi) is 5.73. The van der Waals surface area contributed by atoms with Gasteiger partial charge in [-0.2, -0.15) is 5.10 Å². The van der Waals surface area contributed by atoms with Gasteiger partial charge in [0.15, 0.2) is 5.78 Å². The van der Waals surface area contributed by atoms with E-state index in [1.165, 1.54) is 24.6 Å². The SMILES string of the molecule is CCOC(=O)c1sc(-c2ccn3ncc(/C(C(C)=O)=C(\C)O)c3c2)nc1C(F)F. The lowest BCUT2D eigenvalue weighted by Gasteiger charge is -2.05. The lowest BCUT2D eigenvalue weighted by atomic mass is 10.0. The van der Waals surface area contributed by atoms with E-state index in [9.17, 15) is 23.5 Å². The number of fused-ring (bicyclic) bond motifs is 1. The molecule has 0 aliphatic rings. The zero-order chi connectivity index (χ0) is 21.3. The Labute approximate surface area is 168 Å². The van der Waals surface area contributed by atoms with Gasteiger partial charge in [0.1, 0.15) is 21.3 Å². The highest BCUT2D eigenvalue weighted by molar-refractivity contribution is 7.17. The minimum Gasteiger partial charge on any atom is -0.512 e. The first-order valence-electron chi connectivity index (χ1n) is 8.59. The number of ketones is 1. The lowest BCUT2D eigenvalue weighted by Crippen LogP contribution is -2.05. The minimum absolute atomic E-state index is 0.0561. The number of aliphatic hydroxyl groups is 1. The topological polar surface area (TPSA) is 93.8 Å². The third-order valence-electron chi connectivity index (χ3n) is 4.07. The van der Waals surface area contributed by atoms with Gasteiger partial charge < -0.3 is 9.84 Å². The number of esters is 1. The molecule has 3 aromatic heterocycles. The van der Waals surface area contributed by atoms with Crippen molar-refractivity contribution in [2.75, 3.05) is 6.61 Å². The van der Waals surface area contributed by atoms with Crippen LogP contribution in [0.25, 0.3) is 21.7 Å². The number of rotatable bonds is 6. The maximum absolute atomic E-state index is 13.4. The molecule has 3 rings (SSSR count). The van der Waals surface area contributed by atoms with Gasteiger partial charge in [0.2, 0.25) is 0 Å². The summed E-state index contributed by atoms with van der Waals surface area (Å²) in [5, 5.41) is 14.2. The zero-order valence-electron chi connectivity index (χ0n) is 15.8. The molecule has 0 aliphatic heterocycles. The molecule has 10 heteroatoms. The number of ether oxygens (including phenoxy) is 1. The summed E-state index contributed by atoms with van der Waals surface area (Å²) < 4.78 is 33.0. The van der Waals surface area contributed by atoms with Crippen LogP contribution in [0, 0.1) is 0 Å². The van der Waals surface area contributed by atoms with Crippen LogP contribution in [-0.4, -0.2) is 38.1 Å². The summed E-state index contributed by atoms with van der Waals surface area (Å²) in [6.45, 7) is 4.36. The fourth-order valence-corrected chi connectivity index (χ4v) is 3.86. The number of aliphatic hydroxyl groups excluding tert-OH is 1. The van der Waals surface area contributed by atoms with Crippen LogP contribution in [0.1, 0.15) is 48.1 Å². The molecule has 3 aromatic rings. The number of hydrogen-bond donors (Lipinski definition) is 1. The standard InChI is InChI=1S/C19H17F2N3O4S/c1-4-28-19(27)16-15(17(20)21)23-18(29-16)11-5-6-24-13(7-11)12(8-22-24)14(9(2)25)10(3)26/h5-8,17,25H,4H2,1-3H3/b14-9+. The molecule has 7 nitrogen and oxygen atoms in total. The van der Waals surface area contributed by atoms with Crippen LogP contribution in [0.3, 0.4) is 0 Å². The average molecular weight is 421 g/mol. The summed E-state index contributed by atoms with van der Waals surface area (Å²) in [6.07, 6.45) is 0.0796. The Hall–Kier alpha value is -3.14. The summed E-state index contributed by atoms with van der Waals surface area (Å²) in [5.41, 5.74) is 0.813. The number of halogens is 2. The first-order valence-corrected chi connectivity index (χ1v) is 9.41. The third kappa shape index (κ3) is 3.88. The van der Waals surface area contributed by atoms with Gasteiger partial charge in [0.25, 0.3) is 6.43 Å². The predicted octanol–water partition coefficient (Wildman–Crippen LogP) is 4.45. The largest absolute Gasteiger partial charge is 0.512 e. The molecule has 152 valence electrons. The molecule has 29 heavy (non-hydrogen) atoms. The van der Waals surface area contributed by atoms with E-state index in [4.69, 9.17) is 4.74 Å². The highest BCUT2D eigenvalue weighted by Gasteiger charge is 2.26. The second-order valence-corrected chi connectivity index (χ2v) is 7.07. The van der Waals surface area contributed by atoms with Gasteiger partial charge in [0, 0.05) is 17.3 Å². The highest BCUT2D eigenvalue weighted by atomic mass is 32.1. The van der Waals surface area contributed by atoms with Gasteiger partial charge in [-0.3, -0.25) is 4.79 Å². The van der Waals surface area contributed by atoms with Crippen LogP contribution in [0.2, 0.25) is 0 Å². The maximum Gasteiger partial charge on any atom is 0.350 e. The number of nitrogens with zero attached hydrogens (tertiary/aromatic N) is 3. The van der Waals surface area contributed by atoms with Gasteiger partial charge in [0.05, 0.1) is 23.9 Å². The second kappa shape index (κ2) is 8.08. The average Bonchev–Trinajstić information content (AvgIpc) is 3.26. The Morgan fingerprint density at radius 3 is 2.66 bits per heavy atom. The van der Waals surface area contributed by atoms with Gasteiger partial charge >= 0.3 is 5.97 Å². The van der Waals surface area contributed by atoms with E-state index >= 15 is 0 Å². The first kappa shape index (κ1) is 20.6. The summed E-state index contributed by atoms with van der Waals surface area (Å²) in [5.74, 6) is -1.35. The van der Waals surface area contributed by atoms with Gasteiger partial charge in [-0.25, -0.2) is 23.1 Å². The van der Waals surface area contributed by atoms with E-state index in [0.29, 0.717) is 16.6 Å². The summed E-state index contributed by atoms with van der Waals surface area (Å²) in [6, 6.07) is 3.22. The number of carbonyl (C=O) groups excluding carboxylic acids is 2. The van der Waals surface area contributed by atoms with Gasteiger partial charge in [-0.05, 0) is 32.9 Å². The number of hydrogen-bond acceptors (Lipinski definition) is 7. The van der Waals surface area contributed by atoms with Crippen molar-refractivity contribution in [2.45, 2.75) is 27.2 Å². The zero-order valence-corrected chi connectivity index (χ0v) is 16.6. The molecule has 0 aromatic carbocycles. The monoisotopic (exact) mass is 421 g/mol. The van der Waals surface area contributed by atoms with Crippen LogP contribution in [0.5, 0.6) is 0 Å². The number of aromatic nitrogens is 3. The molecule has 0 saturated heterocycles. The fourth-order valence-electron chi connectivity index (χ4n) is 2.89. The number of carbonyl (C=O) groups is 2. The van der Waals surface area contributed by atoms with Crippen molar-refractivity contribution in [1.82, 2.24) is 14.6 Å². The number of Topliss-reactive ketones (excluding diaryl/α,β-unsaturated/α-hetero) is 1. The van der Waals surface area contributed by atoms with Gasteiger partial charge in [-0.1, -0.05) is 0 Å². The molecule has 0 spiro atoms. The molecule has 0 radical (unpaired) electrons. The van der Waals surface area contributed by atoms with Crippen LogP contribution >= 0.6 is 11.3 Å². The lowest BCUT2D eigenvalue weighted by molar-refractivity contribution is -0.111. The summed E-state index contributed by atoms with van der Waals surface area (Å²) in [4.78, 5) is 27.6. The molecular weight excluding hydrogens is 404 g/mol. The highest BCUT2D eigenvalue weighted by Crippen LogP contribution is 2.35. The molecule has 0 saturated carbocycles. The van der Waals surface area contributed by atoms with Crippen molar-refractivity contribution in [3.8, 4) is 10.6 Å². The molecule has 0 aliphatic carbocycles. The van der Waals surface area contributed by atoms with Gasteiger partial charge in [-0.15, -0.1) is 11.3 Å². The molecule has 0 unspecified atom stereocenters. The van der Waals surface area contributed by atoms with Crippen molar-refractivity contribution in [3.63, 3.8) is 0 Å².